The average molecular weight is 247 g/mol. The van der Waals surface area contributed by atoms with Crippen molar-refractivity contribution in [3.63, 3.8) is 0 Å². The minimum Gasteiger partial charge on any atom is -0.480 e. The molecule has 0 unspecified atom stereocenters. The maximum absolute atomic E-state index is 11.0. The van der Waals surface area contributed by atoms with E-state index in [-0.39, 0.29) is 12.3 Å². The lowest BCUT2D eigenvalue weighted by Crippen LogP contribution is -2.41. The normalized spacial score (nSPS) is 12.3. The van der Waals surface area contributed by atoms with Gasteiger partial charge in [-0.2, -0.15) is 5.10 Å². The number of carbonyl (C=O) groups excluding carboxylic acids is 1. The predicted molar refractivity (Wildman–Crippen MR) is 65.0 cm³/mol. The third-order valence-corrected chi connectivity index (χ3v) is 2.62. The summed E-state index contributed by atoms with van der Waals surface area (Å²) < 4.78 is 0. The molecule has 94 valence electrons. The van der Waals surface area contributed by atoms with Crippen LogP contribution in [0.5, 0.6) is 0 Å². The summed E-state index contributed by atoms with van der Waals surface area (Å²) in [6.07, 6.45) is 0.176. The first-order chi connectivity index (χ1) is 8.58. The number of aromatic nitrogens is 2. The van der Waals surface area contributed by atoms with Gasteiger partial charge < -0.3 is 10.4 Å². The fourth-order valence-corrected chi connectivity index (χ4v) is 1.82. The van der Waals surface area contributed by atoms with Crippen molar-refractivity contribution < 1.29 is 14.7 Å². The van der Waals surface area contributed by atoms with Crippen LogP contribution in [-0.2, 0) is 16.0 Å². The molecule has 0 aliphatic rings. The molecule has 0 aliphatic carbocycles. The van der Waals surface area contributed by atoms with Crippen LogP contribution < -0.4 is 5.32 Å². The van der Waals surface area contributed by atoms with Gasteiger partial charge in [0.1, 0.15) is 6.04 Å². The number of hydrogen-bond donors (Lipinski definition) is 3. The monoisotopic (exact) mass is 247 g/mol. The molecule has 2 rings (SSSR count). The molecule has 1 heterocycles. The Morgan fingerprint density at radius 2 is 2.17 bits per heavy atom. The van der Waals surface area contributed by atoms with Crippen LogP contribution in [0.15, 0.2) is 24.3 Å². The Kier molecular flexibility index (Phi) is 3.27. The van der Waals surface area contributed by atoms with Gasteiger partial charge in [0.2, 0.25) is 5.91 Å². The molecule has 0 saturated heterocycles. The van der Waals surface area contributed by atoms with Gasteiger partial charge in [-0.1, -0.05) is 18.2 Å². The van der Waals surface area contributed by atoms with E-state index < -0.39 is 12.0 Å². The third kappa shape index (κ3) is 2.48. The Hall–Kier alpha value is -2.37. The predicted octanol–water partition coefficient (Wildman–Crippen LogP) is 0.695. The minimum absolute atomic E-state index is 0.176. The van der Waals surface area contributed by atoms with Crippen LogP contribution >= 0.6 is 0 Å². The molecule has 1 amide bonds. The van der Waals surface area contributed by atoms with Crippen molar-refractivity contribution in [1.82, 2.24) is 15.5 Å². The number of carbonyl (C=O) groups is 2. The van der Waals surface area contributed by atoms with Crippen LogP contribution in [0.4, 0.5) is 0 Å². The molecule has 0 spiro atoms. The number of benzene rings is 1. The van der Waals surface area contributed by atoms with Crippen LogP contribution in [0.2, 0.25) is 0 Å². The molecule has 3 N–H and O–H groups in total. The summed E-state index contributed by atoms with van der Waals surface area (Å²) in [4.78, 5) is 22.0. The maximum atomic E-state index is 11.0. The number of aliphatic carboxylic acids is 1. The molecule has 0 fully saturated rings. The highest BCUT2D eigenvalue weighted by Crippen LogP contribution is 2.16. The van der Waals surface area contributed by atoms with Crippen LogP contribution in [0.25, 0.3) is 10.9 Å². The van der Waals surface area contributed by atoms with E-state index in [9.17, 15) is 9.59 Å². The zero-order chi connectivity index (χ0) is 13.1. The molecule has 2 aromatic rings. The molecule has 0 saturated carbocycles. The van der Waals surface area contributed by atoms with Gasteiger partial charge in [-0.05, 0) is 6.07 Å². The second-order valence-corrected chi connectivity index (χ2v) is 4.01. The summed E-state index contributed by atoms with van der Waals surface area (Å²) >= 11 is 0. The van der Waals surface area contributed by atoms with E-state index >= 15 is 0 Å². The van der Waals surface area contributed by atoms with Gasteiger partial charge in [0, 0.05) is 24.4 Å². The molecular weight excluding hydrogens is 234 g/mol. The smallest absolute Gasteiger partial charge is 0.326 e. The molecule has 1 aromatic carbocycles. The van der Waals surface area contributed by atoms with E-state index in [1.54, 1.807) is 0 Å². The quantitative estimate of drug-likeness (QED) is 0.741. The molecular formula is C12H13N3O3. The van der Waals surface area contributed by atoms with Crippen molar-refractivity contribution >= 4 is 22.8 Å². The highest BCUT2D eigenvalue weighted by Gasteiger charge is 2.20. The molecule has 1 atom stereocenters. The van der Waals surface area contributed by atoms with E-state index in [0.717, 1.165) is 10.9 Å². The third-order valence-electron chi connectivity index (χ3n) is 2.62. The maximum Gasteiger partial charge on any atom is 0.326 e. The number of aromatic amines is 1. The molecule has 1 aromatic heterocycles. The number of rotatable bonds is 4. The van der Waals surface area contributed by atoms with Gasteiger partial charge in [0.25, 0.3) is 0 Å². The Balaban J connectivity index is 2.26. The number of amides is 1. The van der Waals surface area contributed by atoms with Gasteiger partial charge in [-0.3, -0.25) is 9.89 Å². The number of para-hydroxylation sites is 1. The zero-order valence-corrected chi connectivity index (χ0v) is 9.80. The van der Waals surface area contributed by atoms with Crippen LogP contribution in [0, 0.1) is 0 Å². The molecule has 18 heavy (non-hydrogen) atoms. The Morgan fingerprint density at radius 1 is 1.44 bits per heavy atom. The van der Waals surface area contributed by atoms with Crippen molar-refractivity contribution in [2.45, 2.75) is 19.4 Å². The van der Waals surface area contributed by atoms with Crippen molar-refractivity contribution in [1.29, 1.82) is 0 Å². The lowest BCUT2D eigenvalue weighted by molar-refractivity contribution is -0.141. The number of nitrogens with zero attached hydrogens (tertiary/aromatic N) is 1. The van der Waals surface area contributed by atoms with Crippen LogP contribution in [0.1, 0.15) is 12.6 Å². The molecule has 6 heteroatoms. The highest BCUT2D eigenvalue weighted by molar-refractivity contribution is 5.85. The molecule has 0 bridgehead atoms. The van der Waals surface area contributed by atoms with E-state index in [1.165, 1.54) is 6.92 Å². The first kappa shape index (κ1) is 12.1. The van der Waals surface area contributed by atoms with Crippen molar-refractivity contribution in [3.8, 4) is 0 Å². The Labute approximate surface area is 103 Å². The number of hydrogen-bond acceptors (Lipinski definition) is 3. The Morgan fingerprint density at radius 3 is 2.83 bits per heavy atom. The molecule has 6 nitrogen and oxygen atoms in total. The molecule has 0 aliphatic heterocycles. The number of fused-ring (bicyclic) bond motifs is 1. The van der Waals surface area contributed by atoms with Gasteiger partial charge in [0.05, 0.1) is 5.52 Å². The van der Waals surface area contributed by atoms with Crippen LogP contribution in [-0.4, -0.2) is 33.2 Å². The molecule has 0 radical (unpaired) electrons. The van der Waals surface area contributed by atoms with E-state index in [0.29, 0.717) is 5.69 Å². The van der Waals surface area contributed by atoms with Gasteiger partial charge >= 0.3 is 5.97 Å². The second kappa shape index (κ2) is 4.87. The largest absolute Gasteiger partial charge is 0.480 e. The highest BCUT2D eigenvalue weighted by atomic mass is 16.4. The summed E-state index contributed by atoms with van der Waals surface area (Å²) in [5.41, 5.74) is 1.48. The van der Waals surface area contributed by atoms with E-state index in [4.69, 9.17) is 5.11 Å². The average Bonchev–Trinajstić information content (AvgIpc) is 2.71. The van der Waals surface area contributed by atoms with Gasteiger partial charge in [0.15, 0.2) is 0 Å². The summed E-state index contributed by atoms with van der Waals surface area (Å²) in [6, 6.07) is 6.46. The second-order valence-electron chi connectivity index (χ2n) is 4.01. The fourth-order valence-electron chi connectivity index (χ4n) is 1.82. The first-order valence-electron chi connectivity index (χ1n) is 5.50. The summed E-state index contributed by atoms with van der Waals surface area (Å²) in [6.45, 7) is 1.29. The zero-order valence-electron chi connectivity index (χ0n) is 9.80. The van der Waals surface area contributed by atoms with Crippen molar-refractivity contribution in [2.24, 2.45) is 0 Å². The summed E-state index contributed by atoms with van der Waals surface area (Å²) in [5.74, 6) is -1.44. The number of H-pyrrole nitrogens is 1. The van der Waals surface area contributed by atoms with Crippen molar-refractivity contribution in [2.75, 3.05) is 0 Å². The fraction of sp³-hybridized carbons (Fsp3) is 0.250. The summed E-state index contributed by atoms with van der Waals surface area (Å²) in [5, 5.41) is 19.2. The summed E-state index contributed by atoms with van der Waals surface area (Å²) in [7, 11) is 0. The minimum atomic E-state index is -1.07. The van der Waals surface area contributed by atoms with E-state index in [1.807, 2.05) is 24.3 Å². The van der Waals surface area contributed by atoms with Gasteiger partial charge in [-0.25, -0.2) is 4.79 Å². The standard InChI is InChI=1S/C12H13N3O3/c1-7(16)13-11(12(17)18)6-10-8-4-2-3-5-9(8)14-15-10/h2-5,11H,6H2,1H3,(H,13,16)(H,14,15)(H,17,18)/t11-/m0/s1. The Bertz CT molecular complexity index is 591. The van der Waals surface area contributed by atoms with Crippen molar-refractivity contribution in [3.05, 3.63) is 30.0 Å². The topological polar surface area (TPSA) is 95.1 Å². The number of carboxylic acids is 1. The number of carboxylic acid groups (broad SMARTS) is 1. The van der Waals surface area contributed by atoms with E-state index in [2.05, 4.69) is 15.5 Å². The van der Waals surface area contributed by atoms with Crippen LogP contribution in [0.3, 0.4) is 0 Å². The number of nitrogens with one attached hydrogen (secondary N) is 2. The van der Waals surface area contributed by atoms with Gasteiger partial charge in [-0.15, -0.1) is 0 Å². The lowest BCUT2D eigenvalue weighted by atomic mass is 10.1. The first-order valence-corrected chi connectivity index (χ1v) is 5.50. The SMILES string of the molecule is CC(=O)N[C@@H](Cc1[nH]nc2ccccc12)C(=O)O. The lowest BCUT2D eigenvalue weighted by Gasteiger charge is -2.12.